The summed E-state index contributed by atoms with van der Waals surface area (Å²) in [4.78, 5) is 0. The quantitative estimate of drug-likeness (QED) is 0.649. The zero-order chi connectivity index (χ0) is 9.97. The molecule has 0 aliphatic rings. The maximum absolute atomic E-state index is 8.88. The van der Waals surface area contributed by atoms with Crippen LogP contribution in [-0.2, 0) is 0 Å². The van der Waals surface area contributed by atoms with E-state index in [1.54, 1.807) is 18.3 Å². The Morgan fingerprint density at radius 2 is 2.43 bits per heavy atom. The van der Waals surface area contributed by atoms with E-state index in [1.165, 1.54) is 0 Å². The second kappa shape index (κ2) is 3.55. The van der Waals surface area contributed by atoms with E-state index in [-0.39, 0.29) is 0 Å². The van der Waals surface area contributed by atoms with Crippen LogP contribution in [0.2, 0.25) is 0 Å². The lowest BCUT2D eigenvalue weighted by Gasteiger charge is -2.08. The second-order valence-corrected chi connectivity index (χ2v) is 2.85. The summed E-state index contributed by atoms with van der Waals surface area (Å²) >= 11 is 0. The summed E-state index contributed by atoms with van der Waals surface area (Å²) in [5, 5.41) is 16.5. The molecule has 1 aromatic heterocycles. The van der Waals surface area contributed by atoms with E-state index in [2.05, 4.69) is 15.7 Å². The zero-order valence-electron chi connectivity index (χ0n) is 7.74. The zero-order valence-corrected chi connectivity index (χ0v) is 7.74. The van der Waals surface area contributed by atoms with Crippen LogP contribution in [0.5, 0.6) is 5.75 Å². The number of hydrogen-bond acceptors (Lipinski definition) is 4. The molecule has 0 aliphatic heterocycles. The maximum Gasteiger partial charge on any atom is 0.146 e. The van der Waals surface area contributed by atoms with Gasteiger partial charge in [-0.3, -0.25) is 15.8 Å². The molecule has 0 aliphatic carbocycles. The topological polar surface area (TPSA) is 70.2 Å². The first kappa shape index (κ1) is 8.83. The van der Waals surface area contributed by atoms with Gasteiger partial charge in [0.1, 0.15) is 11.4 Å². The van der Waals surface area contributed by atoms with Gasteiger partial charge in [0.25, 0.3) is 0 Å². The van der Waals surface area contributed by atoms with E-state index in [9.17, 15) is 0 Å². The molecule has 0 saturated carbocycles. The molecule has 5 heteroatoms. The molecule has 0 radical (unpaired) electrons. The van der Waals surface area contributed by atoms with Crippen molar-refractivity contribution in [3.05, 3.63) is 18.3 Å². The molecule has 14 heavy (non-hydrogen) atoms. The number of aromatic nitrogens is 2. The van der Waals surface area contributed by atoms with E-state index < -0.39 is 0 Å². The fraction of sp³-hybridized carbons (Fsp3) is 0.222. The first-order valence-electron chi connectivity index (χ1n) is 4.35. The highest BCUT2D eigenvalue weighted by Crippen LogP contribution is 2.28. The van der Waals surface area contributed by atoms with Gasteiger partial charge in [-0.05, 0) is 13.0 Å². The summed E-state index contributed by atoms with van der Waals surface area (Å²) < 4.78 is 5.34. The number of hydrogen-bond donors (Lipinski definition) is 3. The van der Waals surface area contributed by atoms with Gasteiger partial charge >= 0.3 is 0 Å². The Kier molecular flexibility index (Phi) is 2.24. The molecule has 0 saturated heterocycles. The molecule has 3 N–H and O–H groups in total. The fourth-order valence-corrected chi connectivity index (χ4v) is 1.33. The third-order valence-corrected chi connectivity index (χ3v) is 1.96. The van der Waals surface area contributed by atoms with E-state index in [0.717, 1.165) is 10.9 Å². The summed E-state index contributed by atoms with van der Waals surface area (Å²) in [6, 6.07) is 3.56. The van der Waals surface area contributed by atoms with Gasteiger partial charge < -0.3 is 4.74 Å². The van der Waals surface area contributed by atoms with E-state index in [0.29, 0.717) is 18.0 Å². The molecular formula is C9H11N3O2. The van der Waals surface area contributed by atoms with Crippen LogP contribution in [0, 0.1) is 0 Å². The molecule has 0 amide bonds. The van der Waals surface area contributed by atoms with E-state index >= 15 is 0 Å². The van der Waals surface area contributed by atoms with Crippen molar-refractivity contribution in [1.29, 1.82) is 0 Å². The molecule has 0 unspecified atom stereocenters. The molecule has 74 valence electrons. The van der Waals surface area contributed by atoms with Crippen molar-refractivity contribution in [2.45, 2.75) is 6.92 Å². The molecule has 1 aromatic carbocycles. The predicted octanol–water partition coefficient (Wildman–Crippen LogP) is 1.76. The van der Waals surface area contributed by atoms with Crippen LogP contribution >= 0.6 is 0 Å². The van der Waals surface area contributed by atoms with Gasteiger partial charge in [0.2, 0.25) is 0 Å². The second-order valence-electron chi connectivity index (χ2n) is 2.85. The molecule has 0 atom stereocenters. The first-order valence-corrected chi connectivity index (χ1v) is 4.35. The Morgan fingerprint density at radius 1 is 1.57 bits per heavy atom. The number of rotatable bonds is 3. The van der Waals surface area contributed by atoms with E-state index in [1.807, 2.05) is 6.92 Å². The standard InChI is InChI=1S/C9H11N3O2/c1-2-14-9-4-7-6(5-10-11-7)3-8(9)12-13/h3-5,12-13H,2H2,1H3,(H,10,11). The molecule has 0 bridgehead atoms. The van der Waals surface area contributed by atoms with Gasteiger partial charge in [-0.15, -0.1) is 0 Å². The first-order chi connectivity index (χ1) is 6.85. The van der Waals surface area contributed by atoms with Gasteiger partial charge in [-0.1, -0.05) is 0 Å². The SMILES string of the molecule is CCOc1cc2[nH]ncc2cc1NO. The molecule has 0 spiro atoms. The summed E-state index contributed by atoms with van der Waals surface area (Å²) in [5.41, 5.74) is 3.52. The minimum absolute atomic E-state index is 0.542. The minimum Gasteiger partial charge on any atom is -0.492 e. The molecule has 2 rings (SSSR count). The van der Waals surface area contributed by atoms with Crippen molar-refractivity contribution in [3.8, 4) is 5.75 Å². The lowest BCUT2D eigenvalue weighted by atomic mass is 10.2. The number of nitrogens with one attached hydrogen (secondary N) is 2. The molecule has 5 nitrogen and oxygen atoms in total. The van der Waals surface area contributed by atoms with Crippen LogP contribution < -0.4 is 10.2 Å². The molecule has 1 heterocycles. The van der Waals surface area contributed by atoms with Crippen LogP contribution in [0.25, 0.3) is 10.9 Å². The third kappa shape index (κ3) is 1.38. The van der Waals surface area contributed by atoms with Crippen molar-refractivity contribution in [2.24, 2.45) is 0 Å². The average molecular weight is 193 g/mol. The fourth-order valence-electron chi connectivity index (χ4n) is 1.33. The lowest BCUT2D eigenvalue weighted by Crippen LogP contribution is -1.97. The lowest BCUT2D eigenvalue weighted by molar-refractivity contribution is 0.332. The summed E-state index contributed by atoms with van der Waals surface area (Å²) in [6.45, 7) is 2.44. The highest BCUT2D eigenvalue weighted by molar-refractivity contribution is 5.85. The number of H-pyrrole nitrogens is 1. The van der Waals surface area contributed by atoms with Gasteiger partial charge in [-0.25, -0.2) is 0 Å². The van der Waals surface area contributed by atoms with Crippen molar-refractivity contribution < 1.29 is 9.94 Å². The Balaban J connectivity index is 2.54. The Hall–Kier alpha value is -1.75. The predicted molar refractivity (Wildman–Crippen MR) is 52.7 cm³/mol. The number of fused-ring (bicyclic) bond motifs is 1. The Morgan fingerprint density at radius 3 is 3.14 bits per heavy atom. The number of ether oxygens (including phenoxy) is 1. The Bertz CT molecular complexity index is 439. The number of aromatic amines is 1. The van der Waals surface area contributed by atoms with E-state index in [4.69, 9.17) is 9.94 Å². The average Bonchev–Trinajstić information content (AvgIpc) is 2.64. The Labute approximate surface area is 80.7 Å². The smallest absolute Gasteiger partial charge is 0.146 e. The largest absolute Gasteiger partial charge is 0.492 e. The third-order valence-electron chi connectivity index (χ3n) is 1.96. The minimum atomic E-state index is 0.542. The van der Waals surface area contributed by atoms with Crippen molar-refractivity contribution >= 4 is 16.6 Å². The van der Waals surface area contributed by atoms with Gasteiger partial charge in [0.15, 0.2) is 0 Å². The summed E-state index contributed by atoms with van der Waals surface area (Å²) in [5.74, 6) is 0.603. The van der Waals surface area contributed by atoms with Crippen molar-refractivity contribution in [1.82, 2.24) is 10.2 Å². The van der Waals surface area contributed by atoms with Crippen LogP contribution in [0.4, 0.5) is 5.69 Å². The maximum atomic E-state index is 8.88. The highest BCUT2D eigenvalue weighted by atomic mass is 16.5. The molecule has 2 aromatic rings. The number of nitrogens with zero attached hydrogens (tertiary/aromatic N) is 1. The highest BCUT2D eigenvalue weighted by Gasteiger charge is 2.05. The van der Waals surface area contributed by atoms with Gasteiger partial charge in [0, 0.05) is 11.5 Å². The van der Waals surface area contributed by atoms with Crippen molar-refractivity contribution in [3.63, 3.8) is 0 Å². The van der Waals surface area contributed by atoms with Crippen LogP contribution in [0.15, 0.2) is 18.3 Å². The van der Waals surface area contributed by atoms with Crippen LogP contribution in [0.1, 0.15) is 6.92 Å². The summed E-state index contributed by atoms with van der Waals surface area (Å²) in [6.07, 6.45) is 1.69. The normalized spacial score (nSPS) is 10.4. The number of anilines is 1. The van der Waals surface area contributed by atoms with Gasteiger partial charge in [0.05, 0.1) is 18.3 Å². The number of benzene rings is 1. The van der Waals surface area contributed by atoms with Crippen LogP contribution in [0.3, 0.4) is 0 Å². The summed E-state index contributed by atoms with van der Waals surface area (Å²) in [7, 11) is 0. The monoisotopic (exact) mass is 193 g/mol. The molecule has 0 fully saturated rings. The molecular weight excluding hydrogens is 182 g/mol. The van der Waals surface area contributed by atoms with Crippen molar-refractivity contribution in [2.75, 3.05) is 12.1 Å². The van der Waals surface area contributed by atoms with Gasteiger partial charge in [-0.2, -0.15) is 5.10 Å². The van der Waals surface area contributed by atoms with Crippen LogP contribution in [-0.4, -0.2) is 22.0 Å².